The molecule has 2 heterocycles. The van der Waals surface area contributed by atoms with Crippen molar-refractivity contribution in [1.82, 2.24) is 14.9 Å². The van der Waals surface area contributed by atoms with Gasteiger partial charge in [-0.3, -0.25) is 4.79 Å². The van der Waals surface area contributed by atoms with Crippen molar-refractivity contribution in [2.45, 2.75) is 12.8 Å². The van der Waals surface area contributed by atoms with Crippen LogP contribution >= 0.6 is 0 Å². The number of carbonyl (C=O) groups is 1. The van der Waals surface area contributed by atoms with Crippen LogP contribution in [0.2, 0.25) is 0 Å². The van der Waals surface area contributed by atoms with E-state index in [0.717, 1.165) is 16.6 Å². The second kappa shape index (κ2) is 5.68. The van der Waals surface area contributed by atoms with Crippen molar-refractivity contribution >= 4 is 27.2 Å². The quantitative estimate of drug-likeness (QED) is 0.839. The molecule has 22 heavy (non-hydrogen) atoms. The Hall–Kier alpha value is -1.96. The summed E-state index contributed by atoms with van der Waals surface area (Å²) in [6, 6.07) is 5.84. The van der Waals surface area contributed by atoms with Crippen LogP contribution in [-0.4, -0.2) is 48.0 Å². The van der Waals surface area contributed by atoms with Gasteiger partial charge in [0.2, 0.25) is 5.91 Å². The second-order valence-electron chi connectivity index (χ2n) is 5.62. The minimum Gasteiger partial charge on any atom is -0.345 e. The maximum Gasteiger partial charge on any atom is 0.302 e. The summed E-state index contributed by atoms with van der Waals surface area (Å²) < 4.78 is 34.0. The molecule has 0 saturated carbocycles. The van der Waals surface area contributed by atoms with Crippen molar-refractivity contribution in [3.63, 3.8) is 0 Å². The summed E-state index contributed by atoms with van der Waals surface area (Å²) in [4.78, 5) is 20.6. The summed E-state index contributed by atoms with van der Waals surface area (Å²) >= 11 is 0. The maximum atomic E-state index is 12.7. The maximum absolute atomic E-state index is 12.7. The van der Waals surface area contributed by atoms with Crippen molar-refractivity contribution in [3.8, 4) is 0 Å². The summed E-state index contributed by atoms with van der Waals surface area (Å²) in [5.74, 6) is -1.14. The molecule has 118 valence electrons. The number of imidazole rings is 1. The molecule has 1 aromatic carbocycles. The number of amides is 1. The smallest absolute Gasteiger partial charge is 0.302 e. The lowest BCUT2D eigenvalue weighted by molar-refractivity contribution is -0.127. The number of nitrogens with one attached hydrogen (secondary N) is 1. The lowest BCUT2D eigenvalue weighted by Crippen LogP contribution is -2.28. The molecule has 1 aliphatic heterocycles. The zero-order valence-electron chi connectivity index (χ0n) is 11.8. The highest BCUT2D eigenvalue weighted by atomic mass is 32.3. The second-order valence-corrected chi connectivity index (χ2v) is 7.03. The number of likely N-dealkylation sites (tertiary alicyclic amines) is 1. The zero-order chi connectivity index (χ0) is 15.7. The number of hydrogen-bond donors (Lipinski definition) is 1. The summed E-state index contributed by atoms with van der Waals surface area (Å²) in [5.41, 5.74) is 2.88. The van der Waals surface area contributed by atoms with Gasteiger partial charge in [-0.15, -0.1) is 3.89 Å². The van der Waals surface area contributed by atoms with E-state index in [1.807, 2.05) is 18.2 Å². The van der Waals surface area contributed by atoms with Gasteiger partial charge in [0, 0.05) is 25.4 Å². The normalized spacial score (nSPS) is 19.2. The third kappa shape index (κ3) is 3.44. The van der Waals surface area contributed by atoms with E-state index >= 15 is 0 Å². The summed E-state index contributed by atoms with van der Waals surface area (Å²) in [5, 5.41) is 0. The number of H-pyrrole nitrogens is 1. The number of aromatic nitrogens is 2. The Morgan fingerprint density at radius 2 is 2.23 bits per heavy atom. The molecule has 3 rings (SSSR count). The van der Waals surface area contributed by atoms with Crippen LogP contribution in [-0.2, 0) is 21.4 Å². The molecule has 1 atom stereocenters. The number of hydrogen-bond acceptors (Lipinski definition) is 4. The third-order valence-electron chi connectivity index (χ3n) is 3.88. The summed E-state index contributed by atoms with van der Waals surface area (Å²) in [6.45, 7) is 0.801. The molecule has 2 aromatic rings. The molecule has 0 aliphatic carbocycles. The van der Waals surface area contributed by atoms with Gasteiger partial charge in [0.15, 0.2) is 0 Å². The highest BCUT2D eigenvalue weighted by molar-refractivity contribution is 7.86. The van der Waals surface area contributed by atoms with Gasteiger partial charge in [-0.2, -0.15) is 8.42 Å². The van der Waals surface area contributed by atoms with Gasteiger partial charge < -0.3 is 9.88 Å². The van der Waals surface area contributed by atoms with E-state index in [4.69, 9.17) is 0 Å². The molecule has 1 fully saturated rings. The number of aromatic amines is 1. The van der Waals surface area contributed by atoms with Crippen molar-refractivity contribution < 1.29 is 17.1 Å². The first kappa shape index (κ1) is 15.0. The number of rotatable bonds is 5. The highest BCUT2D eigenvalue weighted by Crippen LogP contribution is 2.21. The van der Waals surface area contributed by atoms with Crippen LogP contribution in [0, 0.1) is 5.92 Å². The minimum absolute atomic E-state index is 0.0999. The Kier molecular flexibility index (Phi) is 3.86. The number of halogens is 1. The molecule has 1 amide bonds. The molecule has 8 heteroatoms. The van der Waals surface area contributed by atoms with Crippen LogP contribution in [0.4, 0.5) is 3.89 Å². The predicted molar refractivity (Wildman–Crippen MR) is 79.4 cm³/mol. The lowest BCUT2D eigenvalue weighted by Gasteiger charge is -2.16. The number of carbonyl (C=O) groups excluding carboxylic acids is 1. The summed E-state index contributed by atoms with van der Waals surface area (Å²) in [7, 11) is -4.53. The fourth-order valence-electron chi connectivity index (χ4n) is 2.87. The zero-order valence-corrected chi connectivity index (χ0v) is 12.6. The van der Waals surface area contributed by atoms with Crippen molar-refractivity contribution in [2.24, 2.45) is 5.92 Å². The van der Waals surface area contributed by atoms with Gasteiger partial charge in [0.25, 0.3) is 0 Å². The first-order valence-electron chi connectivity index (χ1n) is 7.03. The molecule has 0 bridgehead atoms. The van der Waals surface area contributed by atoms with E-state index in [-0.39, 0.29) is 12.3 Å². The van der Waals surface area contributed by atoms with Gasteiger partial charge in [-0.1, -0.05) is 6.07 Å². The molecular weight excluding hydrogens is 309 g/mol. The number of benzene rings is 1. The van der Waals surface area contributed by atoms with E-state index in [9.17, 15) is 17.1 Å². The van der Waals surface area contributed by atoms with Crippen LogP contribution < -0.4 is 0 Å². The van der Waals surface area contributed by atoms with Gasteiger partial charge in [-0.05, 0) is 24.1 Å². The first-order chi connectivity index (χ1) is 10.4. The van der Waals surface area contributed by atoms with E-state index in [1.54, 1.807) is 11.2 Å². The molecular formula is C14H16FN3O3S. The fraction of sp³-hybridized carbons (Fsp3) is 0.429. The molecule has 0 spiro atoms. The van der Waals surface area contributed by atoms with Crippen LogP contribution in [0.5, 0.6) is 0 Å². The summed E-state index contributed by atoms with van der Waals surface area (Å²) in [6.07, 6.45) is 2.39. The fourth-order valence-corrected chi connectivity index (χ4v) is 3.65. The molecule has 1 saturated heterocycles. The largest absolute Gasteiger partial charge is 0.345 e. The number of nitrogens with zero attached hydrogens (tertiary/aromatic N) is 2. The molecule has 1 unspecified atom stereocenters. The average molecular weight is 325 g/mol. The monoisotopic (exact) mass is 325 g/mol. The Balaban J connectivity index is 1.60. The van der Waals surface area contributed by atoms with E-state index < -0.39 is 21.9 Å². The Morgan fingerprint density at radius 3 is 3.00 bits per heavy atom. The van der Waals surface area contributed by atoms with E-state index in [2.05, 4.69) is 9.97 Å². The Morgan fingerprint density at radius 1 is 1.41 bits per heavy atom. The molecule has 1 aliphatic rings. The third-order valence-corrected chi connectivity index (χ3v) is 4.75. The van der Waals surface area contributed by atoms with Gasteiger partial charge in [0.05, 0.1) is 23.1 Å². The van der Waals surface area contributed by atoms with Gasteiger partial charge in [-0.25, -0.2) is 4.98 Å². The molecule has 1 aromatic heterocycles. The van der Waals surface area contributed by atoms with Crippen molar-refractivity contribution in [3.05, 3.63) is 30.1 Å². The molecule has 0 radical (unpaired) electrons. The average Bonchev–Trinajstić information content (AvgIpc) is 3.00. The first-order valence-corrected chi connectivity index (χ1v) is 8.58. The minimum atomic E-state index is -4.53. The number of fused-ring (bicyclic) bond motifs is 1. The van der Waals surface area contributed by atoms with Crippen LogP contribution in [0.1, 0.15) is 12.0 Å². The Labute approximate surface area is 127 Å². The lowest BCUT2D eigenvalue weighted by atomic mass is 10.1. The Bertz CT molecular complexity index is 803. The van der Waals surface area contributed by atoms with Crippen LogP contribution in [0.3, 0.4) is 0 Å². The standard InChI is InChI=1S/C14H16FN3O3S/c15-22(20,21)8-11-6-14(19)18(7-11)4-3-10-1-2-12-13(5-10)17-9-16-12/h1-2,5,9,11H,3-4,6-8H2,(H,16,17). The molecule has 6 nitrogen and oxygen atoms in total. The van der Waals surface area contributed by atoms with Gasteiger partial charge >= 0.3 is 10.2 Å². The van der Waals surface area contributed by atoms with Gasteiger partial charge in [0.1, 0.15) is 0 Å². The molecule has 1 N–H and O–H groups in total. The predicted octanol–water partition coefficient (Wildman–Crippen LogP) is 1.25. The van der Waals surface area contributed by atoms with Crippen molar-refractivity contribution in [1.29, 1.82) is 0 Å². The highest BCUT2D eigenvalue weighted by Gasteiger charge is 2.32. The topological polar surface area (TPSA) is 83.1 Å². The van der Waals surface area contributed by atoms with E-state index in [0.29, 0.717) is 19.5 Å². The van der Waals surface area contributed by atoms with Crippen LogP contribution in [0.25, 0.3) is 11.0 Å². The van der Waals surface area contributed by atoms with E-state index in [1.165, 1.54) is 0 Å². The van der Waals surface area contributed by atoms with Crippen molar-refractivity contribution in [2.75, 3.05) is 18.8 Å². The van der Waals surface area contributed by atoms with Crippen LogP contribution in [0.15, 0.2) is 24.5 Å². The SMILES string of the molecule is O=C1CC(CS(=O)(=O)F)CN1CCc1ccc2nc[nH]c2c1.